The molecule has 1 rings (SSSR count). The third-order valence-electron chi connectivity index (χ3n) is 1.83. The van der Waals surface area contributed by atoms with Gasteiger partial charge in [-0.15, -0.1) is 0 Å². The van der Waals surface area contributed by atoms with Crippen LogP contribution in [-0.4, -0.2) is 27.8 Å². The summed E-state index contributed by atoms with van der Waals surface area (Å²) < 4.78 is 25.0. The molecular weight excluding hydrogens is 208 g/mol. The van der Waals surface area contributed by atoms with E-state index >= 15 is 0 Å². The summed E-state index contributed by atoms with van der Waals surface area (Å²) >= 11 is 0. The normalized spacial score (nSPS) is 10.7. The molecule has 0 spiro atoms. The van der Waals surface area contributed by atoms with Crippen molar-refractivity contribution in [3.05, 3.63) is 29.1 Å². The lowest BCUT2D eigenvalue weighted by atomic mass is 10.1. The number of halogens is 2. The lowest BCUT2D eigenvalue weighted by Crippen LogP contribution is -2.06. The van der Waals surface area contributed by atoms with Gasteiger partial charge in [0.15, 0.2) is 0 Å². The molecule has 4 nitrogen and oxygen atoms in total. The van der Waals surface area contributed by atoms with Crippen molar-refractivity contribution in [3.63, 3.8) is 0 Å². The first-order chi connectivity index (χ1) is 7.06. The van der Waals surface area contributed by atoms with Crippen molar-refractivity contribution < 1.29 is 23.8 Å². The average molecular weight is 217 g/mol. The smallest absolute Gasteiger partial charge is 0.337 e. The summed E-state index contributed by atoms with van der Waals surface area (Å²) in [5, 5.41) is 17.2. The standard InChI is InChI=1S/C9H9F2NO3/c10-8(11)6-3-5(9(14)15)4-12-7(6)1-2-13/h3-4,8,13H,1-2H2,(H,14,15). The van der Waals surface area contributed by atoms with Gasteiger partial charge in [0.05, 0.1) is 11.3 Å². The number of rotatable bonds is 4. The van der Waals surface area contributed by atoms with Gasteiger partial charge < -0.3 is 10.2 Å². The van der Waals surface area contributed by atoms with Gasteiger partial charge in [0.2, 0.25) is 0 Å². The fourth-order valence-electron chi connectivity index (χ4n) is 1.13. The Morgan fingerprint density at radius 3 is 2.67 bits per heavy atom. The van der Waals surface area contributed by atoms with E-state index in [1.165, 1.54) is 0 Å². The Morgan fingerprint density at radius 2 is 2.20 bits per heavy atom. The molecule has 0 amide bonds. The van der Waals surface area contributed by atoms with E-state index in [9.17, 15) is 13.6 Å². The van der Waals surface area contributed by atoms with Crippen molar-refractivity contribution in [1.82, 2.24) is 4.98 Å². The highest BCUT2D eigenvalue weighted by atomic mass is 19.3. The minimum absolute atomic E-state index is 0.0143. The molecule has 0 saturated heterocycles. The Balaban J connectivity index is 3.14. The van der Waals surface area contributed by atoms with Crippen LogP contribution in [0.5, 0.6) is 0 Å². The minimum Gasteiger partial charge on any atom is -0.478 e. The summed E-state index contributed by atoms with van der Waals surface area (Å²) in [7, 11) is 0. The van der Waals surface area contributed by atoms with Crippen molar-refractivity contribution in [2.24, 2.45) is 0 Å². The van der Waals surface area contributed by atoms with Gasteiger partial charge in [0, 0.05) is 24.8 Å². The molecule has 0 radical (unpaired) electrons. The van der Waals surface area contributed by atoms with E-state index in [0.717, 1.165) is 12.3 Å². The van der Waals surface area contributed by atoms with Crippen LogP contribution in [0.1, 0.15) is 28.0 Å². The van der Waals surface area contributed by atoms with Gasteiger partial charge in [-0.3, -0.25) is 4.98 Å². The predicted molar refractivity (Wildman–Crippen MR) is 46.9 cm³/mol. The second kappa shape index (κ2) is 4.79. The number of aliphatic hydroxyl groups is 1. The van der Waals surface area contributed by atoms with E-state index in [1.807, 2.05) is 0 Å². The molecule has 1 aromatic rings. The molecule has 0 atom stereocenters. The molecule has 0 saturated carbocycles. The fourth-order valence-corrected chi connectivity index (χ4v) is 1.13. The van der Waals surface area contributed by atoms with Crippen LogP contribution in [0.25, 0.3) is 0 Å². The monoisotopic (exact) mass is 217 g/mol. The van der Waals surface area contributed by atoms with Crippen LogP contribution in [0, 0.1) is 0 Å². The second-order valence-corrected chi connectivity index (χ2v) is 2.84. The van der Waals surface area contributed by atoms with Gasteiger partial charge in [-0.25, -0.2) is 13.6 Å². The van der Waals surface area contributed by atoms with Crippen LogP contribution in [0.3, 0.4) is 0 Å². The molecule has 15 heavy (non-hydrogen) atoms. The molecule has 0 fully saturated rings. The van der Waals surface area contributed by atoms with E-state index in [0.29, 0.717) is 0 Å². The molecule has 6 heteroatoms. The molecule has 0 aliphatic heterocycles. The van der Waals surface area contributed by atoms with Crippen molar-refractivity contribution >= 4 is 5.97 Å². The summed E-state index contributed by atoms with van der Waals surface area (Å²) in [4.78, 5) is 14.1. The number of nitrogens with zero attached hydrogens (tertiary/aromatic N) is 1. The number of carboxylic acids is 1. The number of hydrogen-bond donors (Lipinski definition) is 2. The maximum atomic E-state index is 12.5. The van der Waals surface area contributed by atoms with Crippen molar-refractivity contribution in [2.45, 2.75) is 12.8 Å². The number of pyridine rings is 1. The number of aromatic carboxylic acids is 1. The van der Waals surface area contributed by atoms with Gasteiger partial charge in [-0.1, -0.05) is 0 Å². The van der Waals surface area contributed by atoms with E-state index in [2.05, 4.69) is 4.98 Å². The quantitative estimate of drug-likeness (QED) is 0.796. The lowest BCUT2D eigenvalue weighted by molar-refractivity contribution is 0.0696. The first kappa shape index (κ1) is 11.5. The highest BCUT2D eigenvalue weighted by Crippen LogP contribution is 2.22. The maximum Gasteiger partial charge on any atom is 0.337 e. The van der Waals surface area contributed by atoms with E-state index in [4.69, 9.17) is 10.2 Å². The molecule has 2 N–H and O–H groups in total. The Kier molecular flexibility index (Phi) is 3.68. The van der Waals surface area contributed by atoms with Crippen LogP contribution in [0.4, 0.5) is 8.78 Å². The van der Waals surface area contributed by atoms with Crippen molar-refractivity contribution in [2.75, 3.05) is 6.61 Å². The molecule has 0 unspecified atom stereocenters. The first-order valence-electron chi connectivity index (χ1n) is 4.17. The van der Waals surface area contributed by atoms with E-state index in [1.54, 1.807) is 0 Å². The third kappa shape index (κ3) is 2.69. The summed E-state index contributed by atoms with van der Waals surface area (Å²) in [6.45, 7) is -0.306. The van der Waals surface area contributed by atoms with Crippen molar-refractivity contribution in [1.29, 1.82) is 0 Å². The van der Waals surface area contributed by atoms with Crippen LogP contribution in [0.2, 0.25) is 0 Å². The Hall–Kier alpha value is -1.56. The van der Waals surface area contributed by atoms with Gasteiger partial charge in [0.25, 0.3) is 6.43 Å². The molecule has 1 heterocycles. The molecule has 0 aliphatic carbocycles. The zero-order valence-electron chi connectivity index (χ0n) is 7.65. The number of aromatic nitrogens is 1. The first-order valence-corrected chi connectivity index (χ1v) is 4.17. The second-order valence-electron chi connectivity index (χ2n) is 2.84. The molecule has 0 bridgehead atoms. The number of carbonyl (C=O) groups is 1. The zero-order chi connectivity index (χ0) is 11.4. The topological polar surface area (TPSA) is 70.4 Å². The number of alkyl halides is 2. The number of hydrogen-bond acceptors (Lipinski definition) is 3. The van der Waals surface area contributed by atoms with Crippen LogP contribution in [0.15, 0.2) is 12.3 Å². The molecule has 0 aromatic carbocycles. The molecule has 1 aromatic heterocycles. The van der Waals surface area contributed by atoms with Gasteiger partial charge in [0.1, 0.15) is 0 Å². The maximum absolute atomic E-state index is 12.5. The van der Waals surface area contributed by atoms with Gasteiger partial charge in [-0.2, -0.15) is 0 Å². The third-order valence-corrected chi connectivity index (χ3v) is 1.83. The zero-order valence-corrected chi connectivity index (χ0v) is 7.65. The predicted octanol–water partition coefficient (Wildman–Crippen LogP) is 1.25. The van der Waals surface area contributed by atoms with Gasteiger partial charge in [-0.05, 0) is 6.07 Å². The summed E-state index contributed by atoms with van der Waals surface area (Å²) in [6.07, 6.45) is -1.81. The molecule has 82 valence electrons. The Labute approximate surface area is 84.2 Å². The van der Waals surface area contributed by atoms with Gasteiger partial charge >= 0.3 is 5.97 Å². The highest BCUT2D eigenvalue weighted by molar-refractivity contribution is 5.87. The van der Waals surface area contributed by atoms with E-state index in [-0.39, 0.29) is 24.3 Å². The van der Waals surface area contributed by atoms with Crippen LogP contribution in [-0.2, 0) is 6.42 Å². The number of carboxylic acid groups (broad SMARTS) is 1. The largest absolute Gasteiger partial charge is 0.478 e. The highest BCUT2D eigenvalue weighted by Gasteiger charge is 2.16. The number of aliphatic hydroxyl groups excluding tert-OH is 1. The Morgan fingerprint density at radius 1 is 1.53 bits per heavy atom. The van der Waals surface area contributed by atoms with Crippen molar-refractivity contribution in [3.8, 4) is 0 Å². The van der Waals surface area contributed by atoms with Crippen LogP contribution < -0.4 is 0 Å². The molecular formula is C9H9F2NO3. The minimum atomic E-state index is -2.79. The van der Waals surface area contributed by atoms with Crippen LogP contribution >= 0.6 is 0 Å². The molecule has 0 aliphatic rings. The summed E-state index contributed by atoms with van der Waals surface area (Å²) in [5.74, 6) is -1.31. The lowest BCUT2D eigenvalue weighted by Gasteiger charge is -2.07. The Bertz CT molecular complexity index is 368. The summed E-state index contributed by atoms with van der Waals surface area (Å²) in [5.41, 5.74) is -0.701. The fraction of sp³-hybridized carbons (Fsp3) is 0.333. The summed E-state index contributed by atoms with van der Waals surface area (Å²) in [6, 6.07) is 0.880. The average Bonchev–Trinajstić information content (AvgIpc) is 2.18. The van der Waals surface area contributed by atoms with E-state index < -0.39 is 18.0 Å². The SMILES string of the molecule is O=C(O)c1cnc(CCO)c(C(F)F)c1.